The average Bonchev–Trinajstić information content (AvgIpc) is 3.17. The number of hydrogen-bond donors (Lipinski definition) is 0. The molecule has 1 amide bonds. The molecule has 3 rings (SSSR count). The lowest BCUT2D eigenvalue weighted by Crippen LogP contribution is -2.26. The molecule has 0 unspecified atom stereocenters. The number of aryl methyl sites for hydroxylation is 2. The van der Waals surface area contributed by atoms with Crippen LogP contribution in [0.2, 0.25) is 0 Å². The number of fused-ring (bicyclic) bond motifs is 1. The molecule has 0 aliphatic heterocycles. The normalized spacial score (nSPS) is 11.7. The van der Waals surface area contributed by atoms with E-state index in [9.17, 15) is 13.2 Å². The van der Waals surface area contributed by atoms with Crippen molar-refractivity contribution in [3.8, 4) is 11.5 Å². The Labute approximate surface area is 194 Å². The molecule has 1 heterocycles. The van der Waals surface area contributed by atoms with Crippen LogP contribution in [0.25, 0.3) is 11.0 Å². The number of nitrogens with zero attached hydrogens (tertiary/aromatic N) is 4. The van der Waals surface area contributed by atoms with Crippen LogP contribution in [0.3, 0.4) is 0 Å². The summed E-state index contributed by atoms with van der Waals surface area (Å²) in [5.74, 6) is 1.80. The van der Waals surface area contributed by atoms with Crippen molar-refractivity contribution in [2.45, 2.75) is 31.2 Å². The molecule has 0 atom stereocenters. The van der Waals surface area contributed by atoms with E-state index in [1.807, 2.05) is 11.5 Å². The fraction of sp³-hybridized carbons (Fsp3) is 0.391. The van der Waals surface area contributed by atoms with Crippen LogP contribution in [-0.2, 0) is 27.8 Å². The SMILES string of the molecule is CCn1c(CCC(=O)N(C)c2ccc(OC)c(OC)c2)nc2cc(S(=O)(=O)N(C)C)ccc21. The van der Waals surface area contributed by atoms with Crippen molar-refractivity contribution in [1.82, 2.24) is 13.9 Å². The number of imidazole rings is 1. The van der Waals surface area contributed by atoms with Gasteiger partial charge < -0.3 is 18.9 Å². The molecule has 178 valence electrons. The van der Waals surface area contributed by atoms with E-state index in [-0.39, 0.29) is 17.2 Å². The van der Waals surface area contributed by atoms with Gasteiger partial charge in [0.15, 0.2) is 11.5 Å². The lowest BCUT2D eigenvalue weighted by molar-refractivity contribution is -0.118. The minimum absolute atomic E-state index is 0.0761. The van der Waals surface area contributed by atoms with Crippen LogP contribution in [0.15, 0.2) is 41.3 Å². The summed E-state index contributed by atoms with van der Waals surface area (Å²) in [5.41, 5.74) is 2.13. The molecule has 0 saturated carbocycles. The number of methoxy groups -OCH3 is 2. The highest BCUT2D eigenvalue weighted by molar-refractivity contribution is 7.89. The predicted molar refractivity (Wildman–Crippen MR) is 128 cm³/mol. The summed E-state index contributed by atoms with van der Waals surface area (Å²) >= 11 is 0. The number of carbonyl (C=O) groups excluding carboxylic acids is 1. The van der Waals surface area contributed by atoms with Crippen molar-refractivity contribution in [3.05, 3.63) is 42.2 Å². The molecule has 3 aromatic rings. The Morgan fingerprint density at radius 3 is 2.33 bits per heavy atom. The maximum Gasteiger partial charge on any atom is 0.242 e. The van der Waals surface area contributed by atoms with E-state index in [1.165, 1.54) is 18.4 Å². The third kappa shape index (κ3) is 4.81. The second kappa shape index (κ2) is 9.80. The van der Waals surface area contributed by atoms with E-state index >= 15 is 0 Å². The van der Waals surface area contributed by atoms with E-state index in [2.05, 4.69) is 4.98 Å². The topological polar surface area (TPSA) is 94.0 Å². The van der Waals surface area contributed by atoms with Gasteiger partial charge in [0, 0.05) is 52.3 Å². The van der Waals surface area contributed by atoms with Gasteiger partial charge in [-0.05, 0) is 37.3 Å². The Bertz CT molecular complexity index is 1270. The van der Waals surface area contributed by atoms with Crippen LogP contribution in [0, 0.1) is 0 Å². The van der Waals surface area contributed by atoms with Crippen molar-refractivity contribution in [3.63, 3.8) is 0 Å². The zero-order chi connectivity index (χ0) is 24.3. The summed E-state index contributed by atoms with van der Waals surface area (Å²) in [6, 6.07) is 10.2. The Kier molecular flexibility index (Phi) is 7.28. The van der Waals surface area contributed by atoms with Crippen molar-refractivity contribution >= 4 is 32.7 Å². The molecular formula is C23H30N4O5S. The summed E-state index contributed by atoms with van der Waals surface area (Å²) in [5, 5.41) is 0. The van der Waals surface area contributed by atoms with E-state index < -0.39 is 10.0 Å². The number of benzene rings is 2. The van der Waals surface area contributed by atoms with Gasteiger partial charge in [-0.2, -0.15) is 0 Å². The smallest absolute Gasteiger partial charge is 0.242 e. The molecule has 9 nitrogen and oxygen atoms in total. The highest BCUT2D eigenvalue weighted by atomic mass is 32.2. The van der Waals surface area contributed by atoms with Gasteiger partial charge in [0.1, 0.15) is 5.82 Å². The molecule has 0 bridgehead atoms. The Hall–Kier alpha value is -3.11. The highest BCUT2D eigenvalue weighted by Gasteiger charge is 2.20. The number of carbonyl (C=O) groups is 1. The molecule has 0 radical (unpaired) electrons. The van der Waals surface area contributed by atoms with Crippen LogP contribution in [0.4, 0.5) is 5.69 Å². The van der Waals surface area contributed by atoms with Crippen LogP contribution >= 0.6 is 0 Å². The first-order valence-electron chi connectivity index (χ1n) is 10.5. The Morgan fingerprint density at radius 2 is 1.73 bits per heavy atom. The maximum absolute atomic E-state index is 12.9. The fourth-order valence-electron chi connectivity index (χ4n) is 3.64. The average molecular weight is 475 g/mol. The van der Waals surface area contributed by atoms with Crippen LogP contribution in [0.5, 0.6) is 11.5 Å². The zero-order valence-electron chi connectivity index (χ0n) is 19.8. The number of hydrogen-bond acceptors (Lipinski definition) is 6. The summed E-state index contributed by atoms with van der Waals surface area (Å²) in [6.07, 6.45) is 0.672. The second-order valence-electron chi connectivity index (χ2n) is 7.70. The van der Waals surface area contributed by atoms with Crippen LogP contribution in [0.1, 0.15) is 19.2 Å². The first-order chi connectivity index (χ1) is 15.6. The van der Waals surface area contributed by atoms with Gasteiger partial charge in [-0.1, -0.05) is 0 Å². The molecule has 1 aromatic heterocycles. The van der Waals surface area contributed by atoms with Crippen LogP contribution in [-0.4, -0.2) is 63.5 Å². The predicted octanol–water partition coefficient (Wildman–Crippen LogP) is 2.92. The lowest BCUT2D eigenvalue weighted by atomic mass is 10.2. The molecule has 0 N–H and O–H groups in total. The zero-order valence-corrected chi connectivity index (χ0v) is 20.6. The first kappa shape index (κ1) is 24.5. The van der Waals surface area contributed by atoms with Gasteiger partial charge in [-0.15, -0.1) is 0 Å². The third-order valence-corrected chi connectivity index (χ3v) is 7.40. The van der Waals surface area contributed by atoms with Gasteiger partial charge >= 0.3 is 0 Å². The number of aromatic nitrogens is 2. The summed E-state index contributed by atoms with van der Waals surface area (Å²) in [7, 11) is 4.26. The fourth-order valence-corrected chi connectivity index (χ4v) is 4.56. The Morgan fingerprint density at radius 1 is 1.03 bits per heavy atom. The first-order valence-corrected chi connectivity index (χ1v) is 12.0. The Balaban J connectivity index is 1.82. The molecular weight excluding hydrogens is 444 g/mol. The van der Waals surface area contributed by atoms with E-state index in [1.54, 1.807) is 62.6 Å². The van der Waals surface area contributed by atoms with Gasteiger partial charge in [0.05, 0.1) is 30.1 Å². The van der Waals surface area contributed by atoms with Gasteiger partial charge in [-0.3, -0.25) is 4.79 Å². The number of rotatable bonds is 9. The highest BCUT2D eigenvalue weighted by Crippen LogP contribution is 2.31. The molecule has 0 fully saturated rings. The van der Waals surface area contributed by atoms with Crippen LogP contribution < -0.4 is 14.4 Å². The summed E-state index contributed by atoms with van der Waals surface area (Å²) < 4.78 is 38.7. The molecule has 0 saturated heterocycles. The molecule has 33 heavy (non-hydrogen) atoms. The number of anilines is 1. The number of amides is 1. The van der Waals surface area contributed by atoms with Crippen molar-refractivity contribution in [1.29, 1.82) is 0 Å². The van der Waals surface area contributed by atoms with Crippen molar-refractivity contribution < 1.29 is 22.7 Å². The van der Waals surface area contributed by atoms with Gasteiger partial charge in [0.25, 0.3) is 0 Å². The quantitative estimate of drug-likeness (QED) is 0.473. The van der Waals surface area contributed by atoms with Crippen molar-refractivity contribution in [2.24, 2.45) is 0 Å². The van der Waals surface area contributed by atoms with Gasteiger partial charge in [0.2, 0.25) is 15.9 Å². The molecule has 10 heteroatoms. The van der Waals surface area contributed by atoms with E-state index in [0.717, 1.165) is 11.3 Å². The summed E-state index contributed by atoms with van der Waals surface area (Å²) in [4.78, 5) is 19.3. The van der Waals surface area contributed by atoms with Crippen molar-refractivity contribution in [2.75, 3.05) is 40.3 Å². The van der Waals surface area contributed by atoms with E-state index in [0.29, 0.717) is 35.7 Å². The van der Waals surface area contributed by atoms with Gasteiger partial charge in [-0.25, -0.2) is 17.7 Å². The molecule has 0 aliphatic rings. The standard InChI is InChI=1S/C23H30N4O5S/c1-7-27-19-10-9-17(33(29,30)25(2)3)15-18(19)24-22(27)12-13-23(28)26(4)16-8-11-20(31-5)21(14-16)32-6/h8-11,14-15H,7,12-13H2,1-6H3. The minimum atomic E-state index is -3.55. The monoisotopic (exact) mass is 474 g/mol. The molecule has 0 aliphatic carbocycles. The number of ether oxygens (including phenoxy) is 2. The maximum atomic E-state index is 12.9. The molecule has 0 spiro atoms. The second-order valence-corrected chi connectivity index (χ2v) is 9.85. The molecule has 2 aromatic carbocycles. The third-order valence-electron chi connectivity index (χ3n) is 5.58. The largest absolute Gasteiger partial charge is 0.493 e. The number of sulfonamides is 1. The van der Waals surface area contributed by atoms with E-state index in [4.69, 9.17) is 9.47 Å². The summed E-state index contributed by atoms with van der Waals surface area (Å²) in [6.45, 7) is 2.65. The lowest BCUT2D eigenvalue weighted by Gasteiger charge is -2.19. The minimum Gasteiger partial charge on any atom is -0.493 e.